The molecule has 2 rings (SSSR count). The van der Waals surface area contributed by atoms with Gasteiger partial charge in [0.15, 0.2) is 0 Å². The molecular formula is C14H21ClO. The lowest BCUT2D eigenvalue weighted by Crippen LogP contribution is -2.34. The highest BCUT2D eigenvalue weighted by Gasteiger charge is 2.54. The van der Waals surface area contributed by atoms with Gasteiger partial charge in [0.2, 0.25) is 0 Å². The summed E-state index contributed by atoms with van der Waals surface area (Å²) in [5.41, 5.74) is 0.937. The minimum absolute atomic E-state index is 0.0313. The molecule has 0 N–H and O–H groups in total. The number of alkyl halides is 1. The quantitative estimate of drug-likeness (QED) is 0.537. The Hall–Kier alpha value is -0.300. The van der Waals surface area contributed by atoms with Crippen LogP contribution in [0, 0.1) is 17.3 Å². The van der Waals surface area contributed by atoms with Crippen molar-refractivity contribution in [1.82, 2.24) is 0 Å². The molecule has 4 atom stereocenters. The van der Waals surface area contributed by atoms with Crippen LogP contribution in [0.15, 0.2) is 12.2 Å². The Bertz CT molecular complexity index is 323. The van der Waals surface area contributed by atoms with E-state index in [1.54, 1.807) is 0 Å². The second-order valence-corrected chi connectivity index (χ2v) is 6.37. The van der Waals surface area contributed by atoms with Crippen LogP contribution in [0.4, 0.5) is 0 Å². The maximum absolute atomic E-state index is 12.2. The van der Waals surface area contributed by atoms with Gasteiger partial charge in [0.1, 0.15) is 5.78 Å². The average Bonchev–Trinajstić information content (AvgIpc) is 2.79. The summed E-state index contributed by atoms with van der Waals surface area (Å²) in [5.74, 6) is 1.50. The van der Waals surface area contributed by atoms with Crippen LogP contribution in [-0.2, 0) is 4.79 Å². The van der Waals surface area contributed by atoms with Gasteiger partial charge in [0.25, 0.3) is 0 Å². The van der Waals surface area contributed by atoms with Crippen molar-refractivity contribution in [2.45, 2.75) is 51.3 Å². The molecule has 0 aliphatic heterocycles. The van der Waals surface area contributed by atoms with Gasteiger partial charge in [-0.25, -0.2) is 0 Å². The van der Waals surface area contributed by atoms with Crippen molar-refractivity contribution in [1.29, 1.82) is 0 Å². The lowest BCUT2D eigenvalue weighted by Gasteiger charge is -2.33. The highest BCUT2D eigenvalue weighted by Crippen LogP contribution is 2.55. The number of rotatable bonds is 4. The molecule has 2 aliphatic carbocycles. The average molecular weight is 241 g/mol. The normalized spacial score (nSPS) is 39.1. The fourth-order valence-corrected chi connectivity index (χ4v) is 3.58. The van der Waals surface area contributed by atoms with Gasteiger partial charge in [-0.05, 0) is 44.9 Å². The molecule has 2 bridgehead atoms. The number of ketones is 1. The molecule has 0 amide bonds. The van der Waals surface area contributed by atoms with Crippen LogP contribution < -0.4 is 0 Å². The highest BCUT2D eigenvalue weighted by molar-refractivity contribution is 6.22. The van der Waals surface area contributed by atoms with Crippen LogP contribution in [-0.4, -0.2) is 11.2 Å². The Morgan fingerprint density at radius 1 is 1.62 bits per heavy atom. The minimum Gasteiger partial charge on any atom is -0.299 e. The van der Waals surface area contributed by atoms with Gasteiger partial charge < -0.3 is 0 Å². The van der Waals surface area contributed by atoms with Gasteiger partial charge in [-0.3, -0.25) is 4.79 Å². The van der Waals surface area contributed by atoms with Crippen molar-refractivity contribution in [2.75, 3.05) is 0 Å². The lowest BCUT2D eigenvalue weighted by atomic mass is 9.70. The molecule has 2 fully saturated rings. The second-order valence-electron chi connectivity index (χ2n) is 5.84. The zero-order valence-corrected chi connectivity index (χ0v) is 11.0. The van der Waals surface area contributed by atoms with E-state index in [1.165, 1.54) is 6.42 Å². The maximum Gasteiger partial charge on any atom is 0.142 e. The van der Waals surface area contributed by atoms with E-state index in [0.29, 0.717) is 17.6 Å². The summed E-state index contributed by atoms with van der Waals surface area (Å²) in [6.45, 7) is 7.99. The fraction of sp³-hybridized carbons (Fsp3) is 0.786. The van der Waals surface area contributed by atoms with E-state index in [4.69, 9.17) is 11.6 Å². The van der Waals surface area contributed by atoms with E-state index >= 15 is 0 Å². The third-order valence-corrected chi connectivity index (χ3v) is 5.31. The predicted molar refractivity (Wildman–Crippen MR) is 67.6 cm³/mol. The Morgan fingerprint density at radius 2 is 2.31 bits per heavy atom. The largest absolute Gasteiger partial charge is 0.299 e. The number of fused-ring (bicyclic) bond motifs is 2. The molecular weight excluding hydrogens is 220 g/mol. The smallest absolute Gasteiger partial charge is 0.142 e. The predicted octanol–water partition coefficient (Wildman–Crippen LogP) is 3.96. The van der Waals surface area contributed by atoms with Gasteiger partial charge in [-0.1, -0.05) is 19.1 Å². The number of hydrogen-bond acceptors (Lipinski definition) is 1. The van der Waals surface area contributed by atoms with E-state index in [-0.39, 0.29) is 10.8 Å². The first kappa shape index (κ1) is 12.2. The molecule has 2 aliphatic rings. The van der Waals surface area contributed by atoms with Gasteiger partial charge in [0.05, 0.1) is 5.38 Å². The Morgan fingerprint density at radius 3 is 2.81 bits per heavy atom. The number of hydrogen-bond donors (Lipinski definition) is 0. The first-order chi connectivity index (χ1) is 7.45. The SMILES string of the molecule is C=C(C)C(Cl)CC[C@]1(C)C(=O)[C@H]2CC[C@@H]1C2. The van der Waals surface area contributed by atoms with E-state index in [2.05, 4.69) is 13.5 Å². The Kier molecular flexibility index (Phi) is 3.18. The molecule has 0 aromatic carbocycles. The van der Waals surface area contributed by atoms with E-state index in [1.807, 2.05) is 6.92 Å². The topological polar surface area (TPSA) is 17.1 Å². The monoisotopic (exact) mass is 240 g/mol. The van der Waals surface area contributed by atoms with Crippen molar-refractivity contribution in [2.24, 2.45) is 17.3 Å². The molecule has 2 saturated carbocycles. The van der Waals surface area contributed by atoms with Gasteiger partial charge in [0, 0.05) is 11.3 Å². The summed E-state index contributed by atoms with van der Waals surface area (Å²) in [6, 6.07) is 0. The van der Waals surface area contributed by atoms with Crippen molar-refractivity contribution in [3.8, 4) is 0 Å². The number of allylic oxidation sites excluding steroid dienone is 1. The van der Waals surface area contributed by atoms with Crippen molar-refractivity contribution in [3.05, 3.63) is 12.2 Å². The summed E-state index contributed by atoms with van der Waals surface area (Å²) >= 11 is 6.20. The summed E-state index contributed by atoms with van der Waals surface area (Å²) in [6.07, 6.45) is 5.34. The molecule has 2 heteroatoms. The molecule has 1 unspecified atom stereocenters. The second kappa shape index (κ2) is 4.18. The summed E-state index contributed by atoms with van der Waals surface area (Å²) in [5, 5.41) is 0.0313. The standard InChI is InChI=1S/C14H21ClO/c1-9(2)12(15)6-7-14(3)11-5-4-10(8-11)13(14)16/h10-12H,1,4-8H2,2-3H3/t10-,11+,12?,14-/m0/s1. The minimum atomic E-state index is -0.0779. The highest BCUT2D eigenvalue weighted by atomic mass is 35.5. The van der Waals surface area contributed by atoms with Crippen molar-refractivity contribution >= 4 is 17.4 Å². The first-order valence-electron chi connectivity index (χ1n) is 6.29. The molecule has 16 heavy (non-hydrogen) atoms. The first-order valence-corrected chi connectivity index (χ1v) is 6.72. The van der Waals surface area contributed by atoms with Crippen molar-refractivity contribution in [3.63, 3.8) is 0 Å². The van der Waals surface area contributed by atoms with Crippen LogP contribution in [0.25, 0.3) is 0 Å². The van der Waals surface area contributed by atoms with E-state index in [0.717, 1.165) is 31.3 Å². The molecule has 1 nitrogen and oxygen atoms in total. The molecule has 0 saturated heterocycles. The van der Waals surface area contributed by atoms with Gasteiger partial charge in [-0.15, -0.1) is 11.6 Å². The molecule has 0 radical (unpaired) electrons. The molecule has 0 spiro atoms. The van der Waals surface area contributed by atoms with Gasteiger partial charge in [-0.2, -0.15) is 0 Å². The fourth-order valence-electron chi connectivity index (χ4n) is 3.47. The number of carbonyl (C=O) groups excluding carboxylic acids is 1. The molecule has 0 aromatic heterocycles. The zero-order chi connectivity index (χ0) is 11.9. The summed E-state index contributed by atoms with van der Waals surface area (Å²) < 4.78 is 0. The maximum atomic E-state index is 12.2. The zero-order valence-electron chi connectivity index (χ0n) is 10.3. The number of carbonyl (C=O) groups is 1. The van der Waals surface area contributed by atoms with Crippen LogP contribution >= 0.6 is 11.6 Å². The van der Waals surface area contributed by atoms with Gasteiger partial charge >= 0.3 is 0 Å². The van der Waals surface area contributed by atoms with E-state index < -0.39 is 0 Å². The van der Waals surface area contributed by atoms with Crippen LogP contribution in [0.5, 0.6) is 0 Å². The Labute approximate surface area is 103 Å². The summed E-state index contributed by atoms with van der Waals surface area (Å²) in [7, 11) is 0. The lowest BCUT2D eigenvalue weighted by molar-refractivity contribution is -0.131. The molecule has 0 heterocycles. The number of halogens is 1. The van der Waals surface area contributed by atoms with Crippen LogP contribution in [0.2, 0.25) is 0 Å². The third kappa shape index (κ3) is 1.84. The third-order valence-electron chi connectivity index (χ3n) is 4.72. The van der Waals surface area contributed by atoms with Crippen molar-refractivity contribution < 1.29 is 4.79 Å². The molecule has 90 valence electrons. The van der Waals surface area contributed by atoms with Crippen LogP contribution in [0.1, 0.15) is 46.0 Å². The Balaban J connectivity index is 1.99. The summed E-state index contributed by atoms with van der Waals surface area (Å²) in [4.78, 5) is 12.2. The van der Waals surface area contributed by atoms with Crippen LogP contribution in [0.3, 0.4) is 0 Å². The number of Topliss-reactive ketones (excluding diaryl/α,β-unsaturated/α-hetero) is 1. The van der Waals surface area contributed by atoms with E-state index in [9.17, 15) is 4.79 Å². The molecule has 0 aromatic rings.